The van der Waals surface area contributed by atoms with Crippen molar-refractivity contribution in [1.29, 1.82) is 0 Å². The molecule has 1 unspecified atom stereocenters. The van der Waals surface area contributed by atoms with E-state index < -0.39 is 0 Å². The maximum absolute atomic E-state index is 5.29. The van der Waals surface area contributed by atoms with Gasteiger partial charge in [0.1, 0.15) is 0 Å². The van der Waals surface area contributed by atoms with Crippen LogP contribution >= 0.6 is 0 Å². The van der Waals surface area contributed by atoms with Crippen molar-refractivity contribution in [3.63, 3.8) is 0 Å². The van der Waals surface area contributed by atoms with Crippen LogP contribution in [0, 0.1) is 0 Å². The molecule has 4 heteroatoms. The third-order valence-corrected chi connectivity index (χ3v) is 0.592. The molecule has 0 aliphatic rings. The van der Waals surface area contributed by atoms with E-state index in [9.17, 15) is 0 Å². The van der Waals surface area contributed by atoms with Crippen LogP contribution in [0.15, 0.2) is 10.1 Å². The molecule has 52 valence electrons. The Balaban J connectivity index is 3.35. The van der Waals surface area contributed by atoms with E-state index in [0.717, 1.165) is 0 Å². The summed E-state index contributed by atoms with van der Waals surface area (Å²) in [5, 5.41) is 3.66. The highest BCUT2D eigenvalue weighted by Crippen LogP contribution is 1.70. The van der Waals surface area contributed by atoms with Gasteiger partial charge in [0.25, 0.3) is 0 Å². The van der Waals surface area contributed by atoms with Crippen LogP contribution in [0.25, 0.3) is 0 Å². The number of nitrogens with two attached hydrogens (primary N) is 1. The Kier molecular flexibility index (Phi) is 4.72. The number of hydrogen-bond acceptors (Lipinski definition) is 4. The quantitative estimate of drug-likeness (QED) is 0.400. The minimum Gasteiger partial charge on any atom is -0.313 e. The summed E-state index contributed by atoms with van der Waals surface area (Å²) in [6, 6.07) is 0. The fourth-order valence-corrected chi connectivity index (χ4v) is 0.282. The van der Waals surface area contributed by atoms with Gasteiger partial charge in [0.2, 0.25) is 0 Å². The van der Waals surface area contributed by atoms with E-state index in [2.05, 4.69) is 15.5 Å². The molecule has 0 fully saturated rings. The molecule has 0 saturated carbocycles. The summed E-state index contributed by atoms with van der Waals surface area (Å²) in [5.41, 5.74) is 7.87. The third kappa shape index (κ3) is 7.10. The summed E-state index contributed by atoms with van der Waals surface area (Å²) < 4.78 is 0. The number of hydrogen-bond donors (Lipinski definition) is 2. The second-order valence-electron chi connectivity index (χ2n) is 1.54. The van der Waals surface area contributed by atoms with E-state index in [4.69, 9.17) is 5.73 Å². The van der Waals surface area contributed by atoms with Crippen molar-refractivity contribution in [3.05, 3.63) is 0 Å². The Bertz CT molecular complexity index is 106. The standard InChI is InChI=1S/C5H12N4/c1-5(6)8-3-4-9-7-2/h3-5,7H,6H2,1-2H3. The Morgan fingerprint density at radius 3 is 2.67 bits per heavy atom. The molecule has 0 spiro atoms. The van der Waals surface area contributed by atoms with Gasteiger partial charge < -0.3 is 11.2 Å². The van der Waals surface area contributed by atoms with Gasteiger partial charge in [-0.25, -0.2) is 0 Å². The molecule has 1 atom stereocenters. The number of rotatable bonds is 3. The van der Waals surface area contributed by atoms with Gasteiger partial charge in [-0.05, 0) is 6.92 Å². The molecular weight excluding hydrogens is 116 g/mol. The van der Waals surface area contributed by atoms with Crippen LogP contribution < -0.4 is 11.2 Å². The third-order valence-electron chi connectivity index (χ3n) is 0.592. The highest BCUT2D eigenvalue weighted by Gasteiger charge is 1.78. The van der Waals surface area contributed by atoms with Gasteiger partial charge >= 0.3 is 0 Å². The molecular formula is C5H12N4. The smallest absolute Gasteiger partial charge is 0.0941 e. The summed E-state index contributed by atoms with van der Waals surface area (Å²) >= 11 is 0. The van der Waals surface area contributed by atoms with Gasteiger partial charge in [0, 0.05) is 13.3 Å². The maximum Gasteiger partial charge on any atom is 0.0941 e. The molecule has 0 aliphatic heterocycles. The summed E-state index contributed by atoms with van der Waals surface area (Å²) in [6.07, 6.45) is 2.96. The van der Waals surface area contributed by atoms with Gasteiger partial charge in [-0.15, -0.1) is 0 Å². The van der Waals surface area contributed by atoms with Crippen molar-refractivity contribution in [2.75, 3.05) is 7.05 Å². The summed E-state index contributed by atoms with van der Waals surface area (Å²) in [7, 11) is 1.72. The summed E-state index contributed by atoms with van der Waals surface area (Å²) in [4.78, 5) is 3.83. The molecule has 0 radical (unpaired) electrons. The number of aliphatic imine (C=N–C) groups is 1. The Labute approximate surface area is 54.8 Å². The minimum atomic E-state index is -0.145. The van der Waals surface area contributed by atoms with Crippen molar-refractivity contribution in [1.82, 2.24) is 5.43 Å². The van der Waals surface area contributed by atoms with E-state index in [1.807, 2.05) is 0 Å². The van der Waals surface area contributed by atoms with Crippen molar-refractivity contribution in [2.24, 2.45) is 15.8 Å². The molecule has 0 rings (SSSR count). The lowest BCUT2D eigenvalue weighted by Crippen LogP contribution is -2.11. The lowest BCUT2D eigenvalue weighted by molar-refractivity contribution is 0.798. The molecule has 0 aromatic heterocycles. The lowest BCUT2D eigenvalue weighted by Gasteiger charge is -1.90. The van der Waals surface area contributed by atoms with Crippen LogP contribution in [0.1, 0.15) is 6.92 Å². The average molecular weight is 128 g/mol. The largest absolute Gasteiger partial charge is 0.313 e. The first kappa shape index (κ1) is 8.10. The lowest BCUT2D eigenvalue weighted by atomic mass is 10.6. The van der Waals surface area contributed by atoms with Crippen LogP contribution in [0.5, 0.6) is 0 Å². The minimum absolute atomic E-state index is 0.145. The fraction of sp³-hybridized carbons (Fsp3) is 0.600. The van der Waals surface area contributed by atoms with Crippen LogP contribution in [0.2, 0.25) is 0 Å². The van der Waals surface area contributed by atoms with Gasteiger partial charge in [-0.3, -0.25) is 4.99 Å². The molecule has 0 aromatic rings. The Morgan fingerprint density at radius 1 is 1.56 bits per heavy atom. The SMILES string of the molecule is CNN=CC=NC(C)N. The molecule has 9 heavy (non-hydrogen) atoms. The molecule has 0 bridgehead atoms. The Morgan fingerprint density at radius 2 is 2.22 bits per heavy atom. The van der Waals surface area contributed by atoms with Gasteiger partial charge in [-0.1, -0.05) is 0 Å². The van der Waals surface area contributed by atoms with E-state index in [0.29, 0.717) is 0 Å². The molecule has 0 aromatic carbocycles. The maximum atomic E-state index is 5.29. The van der Waals surface area contributed by atoms with Gasteiger partial charge in [0.15, 0.2) is 0 Å². The monoisotopic (exact) mass is 128 g/mol. The summed E-state index contributed by atoms with van der Waals surface area (Å²) in [5.74, 6) is 0. The van der Waals surface area contributed by atoms with Gasteiger partial charge in [0.05, 0.1) is 12.4 Å². The topological polar surface area (TPSA) is 62.8 Å². The second kappa shape index (κ2) is 5.24. The first-order valence-corrected chi connectivity index (χ1v) is 2.74. The molecule has 0 heterocycles. The van der Waals surface area contributed by atoms with Crippen LogP contribution in [0.4, 0.5) is 0 Å². The zero-order chi connectivity index (χ0) is 7.11. The highest BCUT2D eigenvalue weighted by atomic mass is 15.3. The first-order valence-electron chi connectivity index (χ1n) is 2.74. The molecule has 3 N–H and O–H groups in total. The van der Waals surface area contributed by atoms with E-state index in [-0.39, 0.29) is 6.17 Å². The fourth-order valence-electron chi connectivity index (χ4n) is 0.282. The van der Waals surface area contributed by atoms with Crippen LogP contribution in [-0.2, 0) is 0 Å². The van der Waals surface area contributed by atoms with Crippen LogP contribution in [0.3, 0.4) is 0 Å². The predicted octanol–water partition coefficient (Wildman–Crippen LogP) is -0.433. The number of hydrazone groups is 1. The predicted molar refractivity (Wildman–Crippen MR) is 39.7 cm³/mol. The zero-order valence-electron chi connectivity index (χ0n) is 5.70. The molecule has 0 amide bonds. The highest BCUT2D eigenvalue weighted by molar-refractivity contribution is 6.15. The zero-order valence-corrected chi connectivity index (χ0v) is 5.70. The summed E-state index contributed by atoms with van der Waals surface area (Å²) in [6.45, 7) is 1.80. The van der Waals surface area contributed by atoms with Crippen molar-refractivity contribution in [3.8, 4) is 0 Å². The van der Waals surface area contributed by atoms with Crippen molar-refractivity contribution < 1.29 is 0 Å². The second-order valence-corrected chi connectivity index (χ2v) is 1.54. The molecule has 0 aliphatic carbocycles. The van der Waals surface area contributed by atoms with E-state index >= 15 is 0 Å². The van der Waals surface area contributed by atoms with Crippen molar-refractivity contribution >= 4 is 12.4 Å². The molecule has 0 saturated heterocycles. The number of nitrogens with zero attached hydrogens (tertiary/aromatic N) is 2. The van der Waals surface area contributed by atoms with E-state index in [1.54, 1.807) is 26.4 Å². The molecule has 4 nitrogen and oxygen atoms in total. The Hall–Kier alpha value is -0.900. The van der Waals surface area contributed by atoms with Crippen molar-refractivity contribution in [2.45, 2.75) is 13.1 Å². The number of nitrogens with one attached hydrogen (secondary N) is 1. The average Bonchev–Trinajstić information content (AvgIpc) is 1.80. The normalized spacial score (nSPS) is 15.0. The first-order chi connectivity index (χ1) is 4.27. The van der Waals surface area contributed by atoms with Gasteiger partial charge in [-0.2, -0.15) is 5.10 Å². The van der Waals surface area contributed by atoms with Crippen LogP contribution in [-0.4, -0.2) is 25.6 Å². The van der Waals surface area contributed by atoms with E-state index in [1.165, 1.54) is 0 Å².